The molecule has 0 fully saturated rings. The van der Waals surface area contributed by atoms with Crippen molar-refractivity contribution in [1.29, 1.82) is 0 Å². The van der Waals surface area contributed by atoms with Crippen molar-refractivity contribution in [1.82, 2.24) is 0 Å². The normalized spacial score (nSPS) is 10.0. The maximum Gasteiger partial charge on any atom is 0.0556 e. The van der Waals surface area contributed by atoms with Gasteiger partial charge in [0.05, 0.1) is 6.54 Å². The third-order valence-corrected chi connectivity index (χ3v) is 1.80. The predicted molar refractivity (Wildman–Crippen MR) is 47.3 cm³/mol. The molecule has 0 aliphatic carbocycles. The summed E-state index contributed by atoms with van der Waals surface area (Å²) in [5.74, 6) is 0. The molecule has 0 aromatic heterocycles. The number of hydrogen-bond acceptors (Lipinski definition) is 0. The Hall–Kier alpha value is -0.530. The molecule has 0 bridgehead atoms. The lowest BCUT2D eigenvalue weighted by Crippen LogP contribution is -2.77. The van der Waals surface area contributed by atoms with Gasteiger partial charge in [-0.1, -0.05) is 23.7 Å². The lowest BCUT2D eigenvalue weighted by atomic mass is 10.1. The summed E-state index contributed by atoms with van der Waals surface area (Å²) < 4.78 is 0. The summed E-state index contributed by atoms with van der Waals surface area (Å²) in [6.45, 7) is 1.03. The molecule has 0 aliphatic heterocycles. The highest BCUT2D eigenvalue weighted by Crippen LogP contribution is 2.08. The summed E-state index contributed by atoms with van der Waals surface area (Å²) in [5, 5.41) is 2.72. The fraction of sp³-hybridized carbons (Fsp3) is 0.222. The molecule has 0 heterocycles. The first-order valence-electron chi connectivity index (χ1n) is 3.68. The second kappa shape index (κ2) is 4.37. The molecule has 1 rings (SSSR count). The summed E-state index contributed by atoms with van der Waals surface area (Å²) in [5.41, 5.74) is 1.31. The molecular formula is C9H12ClN. The van der Waals surface area contributed by atoms with Crippen LogP contribution < -0.4 is 5.32 Å². The molecule has 0 aliphatic rings. The van der Waals surface area contributed by atoms with Crippen molar-refractivity contribution in [3.63, 3.8) is 0 Å². The quantitative estimate of drug-likeness (QED) is 0.656. The van der Waals surface area contributed by atoms with E-state index in [1.807, 2.05) is 29.6 Å². The molecule has 0 amide bonds. The van der Waals surface area contributed by atoms with E-state index in [2.05, 4.69) is 7.05 Å². The van der Waals surface area contributed by atoms with Crippen molar-refractivity contribution in [2.45, 2.75) is 6.42 Å². The predicted octanol–water partition coefficient (Wildman–Crippen LogP) is 1.24. The summed E-state index contributed by atoms with van der Waals surface area (Å²) in [6.07, 6.45) is 1.06. The van der Waals surface area contributed by atoms with Crippen LogP contribution in [0.1, 0.15) is 5.56 Å². The molecule has 1 aromatic carbocycles. The number of hydrogen-bond donors (Lipinski definition) is 1. The van der Waals surface area contributed by atoms with E-state index >= 15 is 0 Å². The van der Waals surface area contributed by atoms with Crippen molar-refractivity contribution in [3.05, 3.63) is 41.9 Å². The van der Waals surface area contributed by atoms with Crippen LogP contribution >= 0.6 is 11.6 Å². The van der Waals surface area contributed by atoms with Crippen LogP contribution in [0.25, 0.3) is 0 Å². The molecule has 11 heavy (non-hydrogen) atoms. The lowest BCUT2D eigenvalue weighted by Gasteiger charge is -2.00. The minimum atomic E-state index is 0.798. The fourth-order valence-corrected chi connectivity index (χ4v) is 1.05. The average molecular weight is 170 g/mol. The Labute approximate surface area is 72.4 Å². The van der Waals surface area contributed by atoms with Gasteiger partial charge >= 0.3 is 0 Å². The standard InChI is InChI=1S/C9H12ClN/c1-11-7-6-8-2-4-9(10)5-3-8/h2-5H,1,6-7,11H2. The lowest BCUT2D eigenvalue weighted by molar-refractivity contribution is -0.594. The zero-order chi connectivity index (χ0) is 8.10. The Morgan fingerprint density at radius 1 is 1.27 bits per heavy atom. The van der Waals surface area contributed by atoms with Gasteiger partial charge in [0.1, 0.15) is 0 Å². The monoisotopic (exact) mass is 169 g/mol. The number of rotatable bonds is 3. The van der Waals surface area contributed by atoms with E-state index in [0.29, 0.717) is 0 Å². The molecule has 0 spiro atoms. The summed E-state index contributed by atoms with van der Waals surface area (Å²) in [4.78, 5) is 0. The van der Waals surface area contributed by atoms with E-state index in [-0.39, 0.29) is 0 Å². The largest absolute Gasteiger partial charge is 0.479 e. The molecule has 60 valence electrons. The van der Waals surface area contributed by atoms with Gasteiger partial charge in [0.15, 0.2) is 0 Å². The Bertz CT molecular complexity index is 205. The first-order chi connectivity index (χ1) is 5.33. The van der Waals surface area contributed by atoms with Gasteiger partial charge in [-0.05, 0) is 17.7 Å². The molecule has 0 radical (unpaired) electrons. The Kier molecular flexibility index (Phi) is 3.40. The van der Waals surface area contributed by atoms with Crippen LogP contribution in [0.15, 0.2) is 24.3 Å². The van der Waals surface area contributed by atoms with E-state index in [0.717, 1.165) is 18.0 Å². The van der Waals surface area contributed by atoms with Crippen molar-refractivity contribution in [2.75, 3.05) is 6.54 Å². The van der Waals surface area contributed by atoms with Gasteiger partial charge in [0.2, 0.25) is 0 Å². The fourth-order valence-electron chi connectivity index (χ4n) is 0.920. The molecule has 1 aromatic rings. The number of halogens is 1. The molecule has 2 heteroatoms. The van der Waals surface area contributed by atoms with Gasteiger partial charge in [-0.2, -0.15) is 7.05 Å². The smallest absolute Gasteiger partial charge is 0.0556 e. The second-order valence-corrected chi connectivity index (χ2v) is 2.89. The van der Waals surface area contributed by atoms with Gasteiger partial charge in [-0.3, -0.25) is 0 Å². The van der Waals surface area contributed by atoms with E-state index in [9.17, 15) is 0 Å². The summed E-state index contributed by atoms with van der Waals surface area (Å²) >= 11 is 5.73. The Balaban J connectivity index is 2.52. The first kappa shape index (κ1) is 8.57. The van der Waals surface area contributed by atoms with Gasteiger partial charge in [0.25, 0.3) is 0 Å². The topological polar surface area (TPSA) is 16.6 Å². The minimum Gasteiger partial charge on any atom is -0.479 e. The highest BCUT2D eigenvalue weighted by molar-refractivity contribution is 6.30. The van der Waals surface area contributed by atoms with Gasteiger partial charge < -0.3 is 5.32 Å². The third-order valence-electron chi connectivity index (χ3n) is 1.55. The maximum absolute atomic E-state index is 5.73. The molecule has 0 saturated heterocycles. The van der Waals surface area contributed by atoms with Crippen molar-refractivity contribution < 1.29 is 5.32 Å². The number of quaternary nitrogens is 1. The summed E-state index contributed by atoms with van der Waals surface area (Å²) in [7, 11) is 3.67. The van der Waals surface area contributed by atoms with E-state index < -0.39 is 0 Å². The molecule has 2 N–H and O–H groups in total. The van der Waals surface area contributed by atoms with Crippen LogP contribution in [0.5, 0.6) is 0 Å². The van der Waals surface area contributed by atoms with Crippen LogP contribution in [0.4, 0.5) is 0 Å². The zero-order valence-electron chi connectivity index (χ0n) is 6.39. The van der Waals surface area contributed by atoms with Crippen LogP contribution in [-0.2, 0) is 6.42 Å². The first-order valence-corrected chi connectivity index (χ1v) is 4.06. The molecule has 1 nitrogen and oxygen atoms in total. The number of nitrogens with two attached hydrogens (primary N) is 1. The van der Waals surface area contributed by atoms with E-state index in [1.54, 1.807) is 0 Å². The highest BCUT2D eigenvalue weighted by atomic mass is 35.5. The Morgan fingerprint density at radius 2 is 1.91 bits per heavy atom. The van der Waals surface area contributed by atoms with Gasteiger partial charge in [-0.15, -0.1) is 0 Å². The SMILES string of the molecule is [CH2-][NH2+]CCc1ccc(Cl)cc1. The van der Waals surface area contributed by atoms with E-state index in [1.165, 1.54) is 5.56 Å². The number of benzene rings is 1. The minimum absolute atomic E-state index is 0.798. The van der Waals surface area contributed by atoms with E-state index in [4.69, 9.17) is 11.6 Å². The Morgan fingerprint density at radius 3 is 2.45 bits per heavy atom. The average Bonchev–Trinajstić information content (AvgIpc) is 2.04. The van der Waals surface area contributed by atoms with Crippen molar-refractivity contribution >= 4 is 11.6 Å². The highest BCUT2D eigenvalue weighted by Gasteiger charge is 1.91. The zero-order valence-corrected chi connectivity index (χ0v) is 7.14. The van der Waals surface area contributed by atoms with Crippen LogP contribution in [-0.4, -0.2) is 6.54 Å². The van der Waals surface area contributed by atoms with Crippen molar-refractivity contribution in [3.8, 4) is 0 Å². The van der Waals surface area contributed by atoms with Crippen LogP contribution in [0.2, 0.25) is 5.02 Å². The molecular weight excluding hydrogens is 158 g/mol. The van der Waals surface area contributed by atoms with Crippen LogP contribution in [0, 0.1) is 7.05 Å². The van der Waals surface area contributed by atoms with Crippen LogP contribution in [0.3, 0.4) is 0 Å². The maximum atomic E-state index is 5.73. The van der Waals surface area contributed by atoms with Gasteiger partial charge in [-0.25, -0.2) is 0 Å². The molecule has 0 unspecified atom stereocenters. The molecule has 0 saturated carbocycles. The third kappa shape index (κ3) is 2.91. The van der Waals surface area contributed by atoms with Crippen molar-refractivity contribution in [2.24, 2.45) is 0 Å². The summed E-state index contributed by atoms with van der Waals surface area (Å²) in [6, 6.07) is 7.93. The molecule has 0 atom stereocenters. The van der Waals surface area contributed by atoms with Gasteiger partial charge in [0, 0.05) is 11.4 Å². The second-order valence-electron chi connectivity index (χ2n) is 2.45.